The Morgan fingerprint density at radius 1 is 1.41 bits per heavy atom. The van der Waals surface area contributed by atoms with Gasteiger partial charge in [0.15, 0.2) is 0 Å². The molecule has 2 N–H and O–H groups in total. The van der Waals surface area contributed by atoms with E-state index in [2.05, 4.69) is 11.2 Å². The third-order valence-electron chi connectivity index (χ3n) is 2.30. The van der Waals surface area contributed by atoms with Crippen LogP contribution >= 0.6 is 11.8 Å². The van der Waals surface area contributed by atoms with Crippen molar-refractivity contribution < 1.29 is 0 Å². The average molecular weight is 244 g/mol. The second-order valence-corrected chi connectivity index (χ2v) is 4.78. The van der Waals surface area contributed by atoms with E-state index in [9.17, 15) is 0 Å². The number of nitrogens with two attached hydrogens (primary N) is 1. The smallest absolute Gasteiger partial charge is 0.100 e. The van der Waals surface area contributed by atoms with Gasteiger partial charge in [0.25, 0.3) is 0 Å². The molecule has 1 heterocycles. The SMILES string of the molecule is Cc1cc(Sc2ccc(N)cc2C#N)n(C)n1. The Labute approximate surface area is 104 Å². The Morgan fingerprint density at radius 2 is 2.18 bits per heavy atom. The van der Waals surface area contributed by atoms with E-state index in [1.807, 2.05) is 26.1 Å². The molecule has 0 radical (unpaired) electrons. The van der Waals surface area contributed by atoms with Crippen LogP contribution in [0.25, 0.3) is 0 Å². The van der Waals surface area contributed by atoms with Crippen LogP contribution in [-0.4, -0.2) is 9.78 Å². The largest absolute Gasteiger partial charge is 0.399 e. The Kier molecular flexibility index (Phi) is 3.07. The summed E-state index contributed by atoms with van der Waals surface area (Å²) in [6.07, 6.45) is 0. The molecule has 1 aromatic heterocycles. The number of benzene rings is 1. The molecule has 0 amide bonds. The van der Waals surface area contributed by atoms with E-state index >= 15 is 0 Å². The first-order valence-electron chi connectivity index (χ1n) is 5.08. The summed E-state index contributed by atoms with van der Waals surface area (Å²) in [7, 11) is 1.89. The molecule has 5 heteroatoms. The fraction of sp³-hybridized carbons (Fsp3) is 0.167. The van der Waals surface area contributed by atoms with Gasteiger partial charge in [-0.15, -0.1) is 0 Å². The van der Waals surface area contributed by atoms with Gasteiger partial charge in [-0.25, -0.2) is 0 Å². The van der Waals surface area contributed by atoms with Crippen molar-refractivity contribution >= 4 is 17.4 Å². The van der Waals surface area contributed by atoms with Crippen molar-refractivity contribution in [1.82, 2.24) is 9.78 Å². The van der Waals surface area contributed by atoms with E-state index in [-0.39, 0.29) is 0 Å². The zero-order chi connectivity index (χ0) is 12.4. The Morgan fingerprint density at radius 3 is 2.76 bits per heavy atom. The van der Waals surface area contributed by atoms with E-state index < -0.39 is 0 Å². The zero-order valence-corrected chi connectivity index (χ0v) is 10.5. The lowest BCUT2D eigenvalue weighted by Gasteiger charge is -2.04. The molecule has 0 bridgehead atoms. The van der Waals surface area contributed by atoms with Crippen LogP contribution < -0.4 is 5.73 Å². The van der Waals surface area contributed by atoms with Gasteiger partial charge in [-0.05, 0) is 31.2 Å². The first-order valence-corrected chi connectivity index (χ1v) is 5.90. The highest BCUT2D eigenvalue weighted by Gasteiger charge is 2.08. The summed E-state index contributed by atoms with van der Waals surface area (Å²) in [4.78, 5) is 0.893. The van der Waals surface area contributed by atoms with Crippen molar-refractivity contribution in [2.24, 2.45) is 7.05 Å². The molecule has 4 nitrogen and oxygen atoms in total. The number of hydrogen-bond donors (Lipinski definition) is 1. The van der Waals surface area contributed by atoms with Crippen LogP contribution in [0.15, 0.2) is 34.2 Å². The number of nitriles is 1. The van der Waals surface area contributed by atoms with E-state index in [4.69, 9.17) is 11.0 Å². The topological polar surface area (TPSA) is 67.6 Å². The lowest BCUT2D eigenvalue weighted by Crippen LogP contribution is -1.93. The summed E-state index contributed by atoms with van der Waals surface area (Å²) in [5.74, 6) is 0. The normalized spacial score (nSPS) is 10.2. The molecule has 0 aliphatic carbocycles. The monoisotopic (exact) mass is 244 g/mol. The van der Waals surface area contributed by atoms with Gasteiger partial charge in [0.05, 0.1) is 16.3 Å². The fourth-order valence-electron chi connectivity index (χ4n) is 1.52. The number of anilines is 1. The number of hydrogen-bond acceptors (Lipinski definition) is 4. The molecule has 0 aliphatic heterocycles. The van der Waals surface area contributed by atoms with Crippen LogP contribution in [0.4, 0.5) is 5.69 Å². The highest BCUT2D eigenvalue weighted by molar-refractivity contribution is 7.99. The van der Waals surface area contributed by atoms with Gasteiger partial charge in [0.1, 0.15) is 6.07 Å². The first kappa shape index (κ1) is 11.6. The molecule has 0 saturated heterocycles. The summed E-state index contributed by atoms with van der Waals surface area (Å²) in [6, 6.07) is 9.49. The van der Waals surface area contributed by atoms with Crippen LogP contribution in [0, 0.1) is 18.3 Å². The summed E-state index contributed by atoms with van der Waals surface area (Å²) in [6.45, 7) is 1.94. The maximum absolute atomic E-state index is 9.05. The molecular formula is C12H12N4S. The van der Waals surface area contributed by atoms with Crippen molar-refractivity contribution in [3.63, 3.8) is 0 Å². The number of nitrogen functional groups attached to an aromatic ring is 1. The van der Waals surface area contributed by atoms with Crippen LogP contribution in [-0.2, 0) is 7.05 Å². The van der Waals surface area contributed by atoms with Crippen LogP contribution in [0.5, 0.6) is 0 Å². The lowest BCUT2D eigenvalue weighted by atomic mass is 10.2. The van der Waals surface area contributed by atoms with Gasteiger partial charge in [-0.3, -0.25) is 4.68 Å². The van der Waals surface area contributed by atoms with Gasteiger partial charge in [0.2, 0.25) is 0 Å². The van der Waals surface area contributed by atoms with Crippen LogP contribution in [0.1, 0.15) is 11.3 Å². The third kappa shape index (κ3) is 2.43. The molecule has 0 spiro atoms. The summed E-state index contributed by atoms with van der Waals surface area (Å²) >= 11 is 1.52. The zero-order valence-electron chi connectivity index (χ0n) is 9.64. The molecule has 0 unspecified atom stereocenters. The molecule has 0 aliphatic rings. The van der Waals surface area contributed by atoms with E-state index in [1.54, 1.807) is 16.8 Å². The van der Waals surface area contributed by atoms with Gasteiger partial charge in [-0.1, -0.05) is 11.8 Å². The number of rotatable bonds is 2. The first-order chi connectivity index (χ1) is 8.10. The molecule has 0 fully saturated rings. The van der Waals surface area contributed by atoms with Gasteiger partial charge < -0.3 is 5.73 Å². The van der Waals surface area contributed by atoms with Crippen molar-refractivity contribution in [3.05, 3.63) is 35.5 Å². The molecule has 17 heavy (non-hydrogen) atoms. The van der Waals surface area contributed by atoms with Crippen molar-refractivity contribution in [1.29, 1.82) is 5.26 Å². The minimum Gasteiger partial charge on any atom is -0.399 e. The second-order valence-electron chi connectivity index (χ2n) is 3.72. The molecule has 86 valence electrons. The molecule has 2 rings (SSSR count). The maximum Gasteiger partial charge on any atom is 0.100 e. The standard InChI is InChI=1S/C12H12N4S/c1-8-5-12(16(2)15-8)17-11-4-3-10(14)6-9(11)7-13/h3-6H,14H2,1-2H3. The molecule has 0 saturated carbocycles. The molecule has 0 atom stereocenters. The van der Waals surface area contributed by atoms with Crippen LogP contribution in [0.3, 0.4) is 0 Å². The van der Waals surface area contributed by atoms with E-state index in [0.29, 0.717) is 11.3 Å². The Balaban J connectivity index is 2.37. The number of aromatic nitrogens is 2. The Hall–Kier alpha value is -1.93. The summed E-state index contributed by atoms with van der Waals surface area (Å²) in [5, 5.41) is 14.3. The average Bonchev–Trinajstić information content (AvgIpc) is 2.60. The summed E-state index contributed by atoms with van der Waals surface area (Å²) < 4.78 is 1.80. The van der Waals surface area contributed by atoms with E-state index in [1.165, 1.54) is 11.8 Å². The number of nitrogens with zero attached hydrogens (tertiary/aromatic N) is 3. The van der Waals surface area contributed by atoms with Crippen molar-refractivity contribution in [2.75, 3.05) is 5.73 Å². The summed E-state index contributed by atoms with van der Waals surface area (Å²) in [5.41, 5.74) is 7.81. The highest BCUT2D eigenvalue weighted by Crippen LogP contribution is 2.31. The fourth-order valence-corrected chi connectivity index (χ4v) is 2.50. The van der Waals surface area contributed by atoms with Gasteiger partial charge in [-0.2, -0.15) is 10.4 Å². The lowest BCUT2D eigenvalue weighted by molar-refractivity contribution is 0.692. The predicted molar refractivity (Wildman–Crippen MR) is 67.6 cm³/mol. The van der Waals surface area contributed by atoms with Crippen molar-refractivity contribution in [3.8, 4) is 6.07 Å². The molecular weight excluding hydrogens is 232 g/mol. The minimum absolute atomic E-state index is 0.592. The third-order valence-corrected chi connectivity index (χ3v) is 3.46. The van der Waals surface area contributed by atoms with Gasteiger partial charge in [0, 0.05) is 17.6 Å². The highest BCUT2D eigenvalue weighted by atomic mass is 32.2. The minimum atomic E-state index is 0.592. The number of aryl methyl sites for hydroxylation is 2. The molecule has 1 aromatic carbocycles. The second kappa shape index (κ2) is 4.52. The predicted octanol–water partition coefficient (Wildman–Crippen LogP) is 2.33. The maximum atomic E-state index is 9.05. The quantitative estimate of drug-likeness (QED) is 0.823. The van der Waals surface area contributed by atoms with Crippen LogP contribution in [0.2, 0.25) is 0 Å². The Bertz CT molecular complexity index is 595. The molecule has 2 aromatic rings. The van der Waals surface area contributed by atoms with E-state index in [0.717, 1.165) is 15.6 Å². The van der Waals surface area contributed by atoms with Crippen molar-refractivity contribution in [2.45, 2.75) is 16.8 Å². The van der Waals surface area contributed by atoms with Gasteiger partial charge >= 0.3 is 0 Å².